The van der Waals surface area contributed by atoms with Crippen molar-refractivity contribution < 1.29 is 19.1 Å². The van der Waals surface area contributed by atoms with Crippen molar-refractivity contribution in [3.05, 3.63) is 24.3 Å². The maximum Gasteiger partial charge on any atom is 0.227 e. The Kier molecular flexibility index (Phi) is 4.74. The quantitative estimate of drug-likeness (QED) is 0.809. The molecule has 2 aliphatic heterocycles. The predicted octanol–water partition coefficient (Wildman–Crippen LogP) is 2.08. The van der Waals surface area contributed by atoms with E-state index in [0.29, 0.717) is 32.1 Å². The summed E-state index contributed by atoms with van der Waals surface area (Å²) in [6.45, 7) is 2.02. The molecule has 1 saturated carbocycles. The number of nitrogens with zero attached hydrogens (tertiary/aromatic N) is 2. The van der Waals surface area contributed by atoms with Gasteiger partial charge in [-0.25, -0.2) is 0 Å². The second-order valence-electron chi connectivity index (χ2n) is 7.50. The average Bonchev–Trinajstić information content (AvgIpc) is 3.44. The van der Waals surface area contributed by atoms with Gasteiger partial charge in [-0.05, 0) is 37.1 Å². The SMILES string of the molecule is COc1ccc(OC2CCN(C(=O)[C@@H]3CC(=O)N(C4CC4)C3)CC2)cc1. The van der Waals surface area contributed by atoms with Crippen LogP contribution < -0.4 is 9.47 Å². The van der Waals surface area contributed by atoms with Crippen molar-refractivity contribution >= 4 is 11.8 Å². The number of hydrogen-bond acceptors (Lipinski definition) is 4. The third kappa shape index (κ3) is 3.64. The molecule has 0 bridgehead atoms. The molecule has 2 amide bonds. The van der Waals surface area contributed by atoms with Crippen LogP contribution in [0, 0.1) is 5.92 Å². The summed E-state index contributed by atoms with van der Waals surface area (Å²) in [5, 5.41) is 0. The Labute approximate surface area is 154 Å². The Morgan fingerprint density at radius 3 is 2.31 bits per heavy atom. The molecule has 1 aromatic carbocycles. The van der Waals surface area contributed by atoms with Crippen LogP contribution in [0.2, 0.25) is 0 Å². The van der Waals surface area contributed by atoms with Crippen LogP contribution >= 0.6 is 0 Å². The van der Waals surface area contributed by atoms with Crippen molar-refractivity contribution in [3.8, 4) is 11.5 Å². The van der Waals surface area contributed by atoms with Crippen LogP contribution in [0.4, 0.5) is 0 Å². The molecule has 1 aliphatic carbocycles. The van der Waals surface area contributed by atoms with Crippen molar-refractivity contribution in [1.29, 1.82) is 0 Å². The average molecular weight is 358 g/mol. The topological polar surface area (TPSA) is 59.1 Å². The van der Waals surface area contributed by atoms with Gasteiger partial charge in [-0.15, -0.1) is 0 Å². The largest absolute Gasteiger partial charge is 0.497 e. The first-order valence-corrected chi connectivity index (χ1v) is 9.53. The van der Waals surface area contributed by atoms with Gasteiger partial charge in [0.2, 0.25) is 11.8 Å². The van der Waals surface area contributed by atoms with Gasteiger partial charge < -0.3 is 19.3 Å². The molecule has 6 heteroatoms. The molecule has 0 radical (unpaired) electrons. The molecule has 0 N–H and O–H groups in total. The van der Waals surface area contributed by atoms with E-state index in [1.807, 2.05) is 34.1 Å². The van der Waals surface area contributed by atoms with Crippen LogP contribution in [0.3, 0.4) is 0 Å². The zero-order chi connectivity index (χ0) is 18.1. The van der Waals surface area contributed by atoms with E-state index in [2.05, 4.69) is 0 Å². The lowest BCUT2D eigenvalue weighted by atomic mass is 10.0. The predicted molar refractivity (Wildman–Crippen MR) is 96.1 cm³/mol. The first-order chi connectivity index (χ1) is 12.6. The molecule has 0 aromatic heterocycles. The minimum Gasteiger partial charge on any atom is -0.497 e. The fraction of sp³-hybridized carbons (Fsp3) is 0.600. The number of methoxy groups -OCH3 is 1. The fourth-order valence-corrected chi connectivity index (χ4v) is 3.94. The van der Waals surface area contributed by atoms with E-state index in [4.69, 9.17) is 9.47 Å². The number of piperidine rings is 1. The highest BCUT2D eigenvalue weighted by Crippen LogP contribution is 2.33. The van der Waals surface area contributed by atoms with Crippen LogP contribution in [-0.4, -0.2) is 60.5 Å². The molecule has 4 rings (SSSR count). The molecule has 0 spiro atoms. The first kappa shape index (κ1) is 17.2. The van der Waals surface area contributed by atoms with Crippen molar-refractivity contribution in [2.45, 2.75) is 44.2 Å². The van der Waals surface area contributed by atoms with Crippen molar-refractivity contribution in [2.24, 2.45) is 5.92 Å². The van der Waals surface area contributed by atoms with Crippen molar-refractivity contribution in [3.63, 3.8) is 0 Å². The number of hydrogen-bond donors (Lipinski definition) is 0. The first-order valence-electron chi connectivity index (χ1n) is 9.53. The molecule has 140 valence electrons. The minimum atomic E-state index is -0.151. The van der Waals surface area contributed by atoms with E-state index in [1.54, 1.807) is 7.11 Å². The zero-order valence-electron chi connectivity index (χ0n) is 15.2. The minimum absolute atomic E-state index is 0.126. The maximum atomic E-state index is 12.8. The second kappa shape index (κ2) is 7.17. The van der Waals surface area contributed by atoms with Crippen LogP contribution in [0.5, 0.6) is 11.5 Å². The lowest BCUT2D eigenvalue weighted by Crippen LogP contribution is -2.45. The summed E-state index contributed by atoms with van der Waals surface area (Å²) in [4.78, 5) is 28.7. The molecule has 2 heterocycles. The summed E-state index contributed by atoms with van der Waals surface area (Å²) >= 11 is 0. The van der Waals surface area contributed by atoms with Gasteiger partial charge in [-0.1, -0.05) is 0 Å². The Hall–Kier alpha value is -2.24. The number of carbonyl (C=O) groups excluding carboxylic acids is 2. The smallest absolute Gasteiger partial charge is 0.227 e. The Morgan fingerprint density at radius 2 is 1.69 bits per heavy atom. The zero-order valence-corrected chi connectivity index (χ0v) is 15.2. The summed E-state index contributed by atoms with van der Waals surface area (Å²) in [5.74, 6) is 1.79. The van der Waals surface area contributed by atoms with Crippen LogP contribution in [0.15, 0.2) is 24.3 Å². The second-order valence-corrected chi connectivity index (χ2v) is 7.50. The van der Waals surface area contributed by atoms with Crippen LogP contribution in [0.25, 0.3) is 0 Å². The Morgan fingerprint density at radius 1 is 1.04 bits per heavy atom. The summed E-state index contributed by atoms with van der Waals surface area (Å²) < 4.78 is 11.2. The number of rotatable bonds is 5. The maximum absolute atomic E-state index is 12.8. The van der Waals surface area contributed by atoms with Gasteiger partial charge in [0.1, 0.15) is 17.6 Å². The van der Waals surface area contributed by atoms with Gasteiger partial charge in [0.25, 0.3) is 0 Å². The summed E-state index contributed by atoms with van der Waals surface area (Å²) in [6, 6.07) is 8.00. The van der Waals surface area contributed by atoms with Crippen molar-refractivity contribution in [1.82, 2.24) is 9.80 Å². The molecule has 6 nitrogen and oxygen atoms in total. The van der Waals surface area contributed by atoms with Crippen LogP contribution in [-0.2, 0) is 9.59 Å². The van der Waals surface area contributed by atoms with Gasteiger partial charge in [-0.3, -0.25) is 9.59 Å². The van der Waals surface area contributed by atoms with Gasteiger partial charge in [0.15, 0.2) is 0 Å². The molecular weight excluding hydrogens is 332 g/mol. The third-order valence-electron chi connectivity index (χ3n) is 5.61. The van der Waals surface area contributed by atoms with E-state index in [1.165, 1.54) is 0 Å². The van der Waals surface area contributed by atoms with Crippen LogP contribution in [0.1, 0.15) is 32.1 Å². The molecular formula is C20H26N2O4. The number of likely N-dealkylation sites (tertiary alicyclic amines) is 2. The molecule has 0 unspecified atom stereocenters. The highest BCUT2D eigenvalue weighted by molar-refractivity contribution is 5.89. The van der Waals surface area contributed by atoms with E-state index in [9.17, 15) is 9.59 Å². The summed E-state index contributed by atoms with van der Waals surface area (Å²) in [6.07, 6.45) is 4.36. The number of amides is 2. The van der Waals surface area contributed by atoms with E-state index in [-0.39, 0.29) is 23.8 Å². The van der Waals surface area contributed by atoms with E-state index in [0.717, 1.165) is 37.2 Å². The molecule has 3 fully saturated rings. The monoisotopic (exact) mass is 358 g/mol. The highest BCUT2D eigenvalue weighted by atomic mass is 16.5. The molecule has 1 aromatic rings. The Bertz CT molecular complexity index is 663. The van der Waals surface area contributed by atoms with Gasteiger partial charge in [-0.2, -0.15) is 0 Å². The summed E-state index contributed by atoms with van der Waals surface area (Å²) in [7, 11) is 1.64. The van der Waals surface area contributed by atoms with Gasteiger partial charge in [0.05, 0.1) is 13.0 Å². The number of ether oxygens (including phenoxy) is 2. The van der Waals surface area contributed by atoms with Crippen molar-refractivity contribution in [2.75, 3.05) is 26.7 Å². The Balaban J connectivity index is 1.26. The van der Waals surface area contributed by atoms with E-state index < -0.39 is 0 Å². The molecule has 1 atom stereocenters. The third-order valence-corrected chi connectivity index (χ3v) is 5.61. The molecule has 3 aliphatic rings. The molecule has 2 saturated heterocycles. The fourth-order valence-electron chi connectivity index (χ4n) is 3.94. The number of carbonyl (C=O) groups is 2. The standard InChI is InChI=1S/C20H26N2O4/c1-25-16-4-6-17(7-5-16)26-18-8-10-21(11-9-18)20(24)14-12-19(23)22(13-14)15-2-3-15/h4-7,14-15,18H,2-3,8-13H2,1H3/t14-/m1/s1. The number of benzene rings is 1. The van der Waals surface area contributed by atoms with Gasteiger partial charge >= 0.3 is 0 Å². The normalized spacial score (nSPS) is 24.0. The van der Waals surface area contributed by atoms with E-state index >= 15 is 0 Å². The lowest BCUT2D eigenvalue weighted by molar-refractivity contribution is -0.137. The molecule has 26 heavy (non-hydrogen) atoms. The highest BCUT2D eigenvalue weighted by Gasteiger charge is 2.43. The summed E-state index contributed by atoms with van der Waals surface area (Å²) in [5.41, 5.74) is 0. The lowest BCUT2D eigenvalue weighted by Gasteiger charge is -2.33. The van der Waals surface area contributed by atoms with Gasteiger partial charge in [0, 0.05) is 44.9 Å².